The Morgan fingerprint density at radius 2 is 2.25 bits per heavy atom. The normalized spacial score (nSPS) is 18.5. The smallest absolute Gasteiger partial charge is 0.272 e. The van der Waals surface area contributed by atoms with Crippen LogP contribution in [0.25, 0.3) is 10.9 Å². The minimum Gasteiger partial charge on any atom is -0.496 e. The lowest BCUT2D eigenvalue weighted by Crippen LogP contribution is -2.32. The maximum atomic E-state index is 12.5. The fraction of sp³-hybridized carbons (Fsp3) is 0.333. The van der Waals surface area contributed by atoms with Gasteiger partial charge in [-0.05, 0) is 18.6 Å². The highest BCUT2D eigenvalue weighted by Crippen LogP contribution is 2.26. The van der Waals surface area contributed by atoms with Crippen LogP contribution in [0.3, 0.4) is 0 Å². The molecule has 104 valence electrons. The molecule has 0 bridgehead atoms. The van der Waals surface area contributed by atoms with Gasteiger partial charge < -0.3 is 15.4 Å². The molecule has 0 aliphatic carbocycles. The van der Waals surface area contributed by atoms with Crippen molar-refractivity contribution in [2.24, 2.45) is 5.73 Å². The van der Waals surface area contributed by atoms with Gasteiger partial charge in [-0.15, -0.1) is 0 Å². The molecule has 1 aromatic heterocycles. The van der Waals surface area contributed by atoms with Crippen LogP contribution >= 0.6 is 0 Å². The van der Waals surface area contributed by atoms with E-state index in [1.165, 1.54) is 0 Å². The highest BCUT2D eigenvalue weighted by molar-refractivity contribution is 5.97. The first-order chi connectivity index (χ1) is 9.69. The summed E-state index contributed by atoms with van der Waals surface area (Å²) >= 11 is 0. The Kier molecular flexibility index (Phi) is 3.28. The van der Waals surface area contributed by atoms with E-state index in [1.54, 1.807) is 18.1 Å². The number of ether oxygens (including phenoxy) is 1. The molecule has 5 heteroatoms. The van der Waals surface area contributed by atoms with Crippen LogP contribution in [-0.4, -0.2) is 42.0 Å². The average Bonchev–Trinajstić information content (AvgIpc) is 2.91. The SMILES string of the molecule is COc1cc(C(=O)N2CCC(N)C2)nc2ccccc12. The zero-order valence-electron chi connectivity index (χ0n) is 11.4. The van der Waals surface area contributed by atoms with Crippen LogP contribution in [0.5, 0.6) is 5.75 Å². The monoisotopic (exact) mass is 271 g/mol. The molecule has 1 fully saturated rings. The molecule has 0 radical (unpaired) electrons. The number of carbonyl (C=O) groups excluding carboxylic acids is 1. The van der Waals surface area contributed by atoms with Crippen LogP contribution < -0.4 is 10.5 Å². The van der Waals surface area contributed by atoms with Crippen LogP contribution in [0.2, 0.25) is 0 Å². The van der Waals surface area contributed by atoms with Gasteiger partial charge in [-0.3, -0.25) is 4.79 Å². The van der Waals surface area contributed by atoms with Gasteiger partial charge in [-0.25, -0.2) is 4.98 Å². The molecule has 20 heavy (non-hydrogen) atoms. The number of amides is 1. The fourth-order valence-electron chi connectivity index (χ4n) is 2.56. The molecule has 0 saturated carbocycles. The third-order valence-electron chi connectivity index (χ3n) is 3.63. The number of likely N-dealkylation sites (tertiary alicyclic amines) is 1. The molecule has 2 N–H and O–H groups in total. The van der Waals surface area contributed by atoms with Crippen molar-refractivity contribution in [2.45, 2.75) is 12.5 Å². The molecule has 3 rings (SSSR count). The summed E-state index contributed by atoms with van der Waals surface area (Å²) in [5.41, 5.74) is 7.02. The van der Waals surface area contributed by atoms with Crippen LogP contribution in [0.15, 0.2) is 30.3 Å². The molecule has 1 aliphatic heterocycles. The number of benzene rings is 1. The quantitative estimate of drug-likeness (QED) is 0.897. The van der Waals surface area contributed by atoms with Crippen molar-refractivity contribution < 1.29 is 9.53 Å². The van der Waals surface area contributed by atoms with Crippen LogP contribution in [-0.2, 0) is 0 Å². The largest absolute Gasteiger partial charge is 0.496 e. The molecule has 1 amide bonds. The lowest BCUT2D eigenvalue weighted by atomic mass is 10.1. The van der Waals surface area contributed by atoms with Crippen molar-refractivity contribution >= 4 is 16.8 Å². The second-order valence-corrected chi connectivity index (χ2v) is 5.03. The number of fused-ring (bicyclic) bond motifs is 1. The third-order valence-corrected chi connectivity index (χ3v) is 3.63. The topological polar surface area (TPSA) is 68.5 Å². The Hall–Kier alpha value is -2.14. The predicted molar refractivity (Wildman–Crippen MR) is 76.8 cm³/mol. The van der Waals surface area contributed by atoms with E-state index in [9.17, 15) is 4.79 Å². The highest BCUT2D eigenvalue weighted by atomic mass is 16.5. The molecule has 0 spiro atoms. The number of carbonyl (C=O) groups is 1. The van der Waals surface area contributed by atoms with Gasteiger partial charge in [0.1, 0.15) is 11.4 Å². The zero-order chi connectivity index (χ0) is 14.1. The number of hydrogen-bond acceptors (Lipinski definition) is 4. The van der Waals surface area contributed by atoms with E-state index >= 15 is 0 Å². The third kappa shape index (κ3) is 2.20. The average molecular weight is 271 g/mol. The number of pyridine rings is 1. The van der Waals surface area contributed by atoms with Gasteiger partial charge in [0.15, 0.2) is 0 Å². The minimum absolute atomic E-state index is 0.0706. The van der Waals surface area contributed by atoms with E-state index in [0.717, 1.165) is 17.3 Å². The van der Waals surface area contributed by atoms with Gasteiger partial charge >= 0.3 is 0 Å². The fourth-order valence-corrected chi connectivity index (χ4v) is 2.56. The first kappa shape index (κ1) is 12.9. The maximum Gasteiger partial charge on any atom is 0.272 e. The van der Waals surface area contributed by atoms with Gasteiger partial charge in [0.2, 0.25) is 0 Å². The molecular weight excluding hydrogens is 254 g/mol. The summed E-state index contributed by atoms with van der Waals surface area (Å²) in [4.78, 5) is 18.6. The van der Waals surface area contributed by atoms with Gasteiger partial charge in [-0.1, -0.05) is 12.1 Å². The Morgan fingerprint density at radius 1 is 1.45 bits per heavy atom. The minimum atomic E-state index is -0.0815. The molecule has 1 aliphatic rings. The lowest BCUT2D eigenvalue weighted by molar-refractivity contribution is 0.0785. The number of hydrogen-bond donors (Lipinski definition) is 1. The lowest BCUT2D eigenvalue weighted by Gasteiger charge is -2.16. The van der Waals surface area contributed by atoms with Gasteiger partial charge in [0, 0.05) is 30.6 Å². The van der Waals surface area contributed by atoms with Gasteiger partial charge in [-0.2, -0.15) is 0 Å². The summed E-state index contributed by atoms with van der Waals surface area (Å²) < 4.78 is 5.37. The molecular formula is C15H17N3O2. The number of nitrogens with two attached hydrogens (primary N) is 1. The summed E-state index contributed by atoms with van der Waals surface area (Å²) in [6.45, 7) is 1.28. The summed E-state index contributed by atoms with van der Waals surface area (Å²) in [6, 6.07) is 9.41. The first-order valence-corrected chi connectivity index (χ1v) is 6.67. The van der Waals surface area contributed by atoms with Crippen molar-refractivity contribution in [1.29, 1.82) is 0 Å². The van der Waals surface area contributed by atoms with Crippen molar-refractivity contribution in [2.75, 3.05) is 20.2 Å². The second kappa shape index (κ2) is 5.09. The van der Waals surface area contributed by atoms with E-state index in [1.807, 2.05) is 24.3 Å². The second-order valence-electron chi connectivity index (χ2n) is 5.03. The summed E-state index contributed by atoms with van der Waals surface area (Å²) in [5.74, 6) is 0.587. The Bertz CT molecular complexity index is 657. The van der Waals surface area contributed by atoms with E-state index < -0.39 is 0 Å². The number of para-hydroxylation sites is 1. The number of aromatic nitrogens is 1. The summed E-state index contributed by atoms with van der Waals surface area (Å²) in [7, 11) is 1.60. The van der Waals surface area contributed by atoms with Crippen molar-refractivity contribution in [3.05, 3.63) is 36.0 Å². The van der Waals surface area contributed by atoms with Crippen molar-refractivity contribution in [3.8, 4) is 5.75 Å². The Morgan fingerprint density at radius 3 is 2.95 bits per heavy atom. The van der Waals surface area contributed by atoms with Crippen LogP contribution in [0.1, 0.15) is 16.9 Å². The first-order valence-electron chi connectivity index (χ1n) is 6.67. The molecule has 5 nitrogen and oxygen atoms in total. The number of methoxy groups -OCH3 is 1. The van der Waals surface area contributed by atoms with E-state index in [-0.39, 0.29) is 11.9 Å². The summed E-state index contributed by atoms with van der Waals surface area (Å²) in [6.07, 6.45) is 0.844. The van der Waals surface area contributed by atoms with Crippen LogP contribution in [0.4, 0.5) is 0 Å². The number of rotatable bonds is 2. The van der Waals surface area contributed by atoms with Crippen LogP contribution in [0, 0.1) is 0 Å². The molecule has 2 aromatic rings. The Balaban J connectivity index is 2.01. The standard InChI is InChI=1S/C15H17N3O2/c1-20-14-8-13(15(19)18-7-6-10(16)9-18)17-12-5-3-2-4-11(12)14/h2-5,8,10H,6-7,9,16H2,1H3. The molecule has 1 atom stereocenters. The highest BCUT2D eigenvalue weighted by Gasteiger charge is 2.26. The molecule has 2 heterocycles. The Labute approximate surface area is 117 Å². The number of nitrogens with zero attached hydrogens (tertiary/aromatic N) is 2. The molecule has 1 unspecified atom stereocenters. The van der Waals surface area contributed by atoms with E-state index in [0.29, 0.717) is 24.5 Å². The van der Waals surface area contributed by atoms with Gasteiger partial charge in [0.05, 0.1) is 12.6 Å². The zero-order valence-corrected chi connectivity index (χ0v) is 11.4. The molecule has 1 aromatic carbocycles. The maximum absolute atomic E-state index is 12.5. The van der Waals surface area contributed by atoms with E-state index in [2.05, 4.69) is 4.98 Å². The predicted octanol–water partition coefficient (Wildman–Crippen LogP) is 1.42. The molecule has 1 saturated heterocycles. The van der Waals surface area contributed by atoms with Crippen molar-refractivity contribution in [3.63, 3.8) is 0 Å². The van der Waals surface area contributed by atoms with Gasteiger partial charge in [0.25, 0.3) is 5.91 Å². The van der Waals surface area contributed by atoms with E-state index in [4.69, 9.17) is 10.5 Å². The summed E-state index contributed by atoms with van der Waals surface area (Å²) in [5, 5.41) is 0.907. The van der Waals surface area contributed by atoms with Crippen molar-refractivity contribution in [1.82, 2.24) is 9.88 Å².